The Labute approximate surface area is 226 Å². The van der Waals surface area contributed by atoms with Crippen LogP contribution in [0.25, 0.3) is 45.1 Å². The van der Waals surface area contributed by atoms with Gasteiger partial charge in [-0.25, -0.2) is 9.97 Å². The van der Waals surface area contributed by atoms with Gasteiger partial charge in [0.05, 0.1) is 6.07 Å². The van der Waals surface area contributed by atoms with E-state index in [1.165, 1.54) is 12.1 Å². The summed E-state index contributed by atoms with van der Waals surface area (Å²) in [5.74, 6) is 1.76. The van der Waals surface area contributed by atoms with E-state index >= 15 is 0 Å². The SMILES string of the molecule is CC(C)c1cc(=O)cc2oc3cc(O)ccc3nc1-2.CC(C)c1cc(N)cc2oc3cc(=[NH2+])ccc-3nc12.[CH3-]. The first kappa shape index (κ1) is 27.3. The lowest BCUT2D eigenvalue weighted by atomic mass is 9.98. The summed E-state index contributed by atoms with van der Waals surface area (Å²) in [5, 5.41) is 15.9. The van der Waals surface area contributed by atoms with E-state index in [-0.39, 0.29) is 24.5 Å². The summed E-state index contributed by atoms with van der Waals surface area (Å²) < 4.78 is 11.6. The third-order valence-corrected chi connectivity index (χ3v) is 6.28. The van der Waals surface area contributed by atoms with Gasteiger partial charge in [0.25, 0.3) is 0 Å². The zero-order chi connectivity index (χ0) is 27.1. The van der Waals surface area contributed by atoms with Crippen molar-refractivity contribution in [3.05, 3.63) is 94.8 Å². The molecule has 200 valence electrons. The molecule has 0 bridgehead atoms. The van der Waals surface area contributed by atoms with Crippen LogP contribution in [0.15, 0.2) is 74.3 Å². The average Bonchev–Trinajstić information content (AvgIpc) is 2.85. The van der Waals surface area contributed by atoms with E-state index in [0.717, 1.165) is 22.3 Å². The van der Waals surface area contributed by atoms with Crippen LogP contribution < -0.4 is 21.9 Å². The molecule has 8 nitrogen and oxygen atoms in total. The monoisotopic (exact) mass is 524 g/mol. The molecule has 5 N–H and O–H groups in total. The molecular formula is C31H32N4O4. The third-order valence-electron chi connectivity index (χ3n) is 6.28. The average molecular weight is 525 g/mol. The molecule has 0 atom stereocenters. The quantitative estimate of drug-likeness (QED) is 0.167. The molecule has 0 fully saturated rings. The van der Waals surface area contributed by atoms with Gasteiger partial charge < -0.3 is 27.1 Å². The van der Waals surface area contributed by atoms with Crippen LogP contribution in [0.2, 0.25) is 0 Å². The normalized spacial score (nSPS) is 11.2. The molecule has 4 aliphatic rings. The Hall–Kier alpha value is -4.72. The minimum atomic E-state index is -0.0961. The summed E-state index contributed by atoms with van der Waals surface area (Å²) in [4.78, 5) is 20.9. The van der Waals surface area contributed by atoms with Gasteiger partial charge in [0.15, 0.2) is 28.1 Å². The lowest BCUT2D eigenvalue weighted by Crippen LogP contribution is -2.44. The molecule has 8 heteroatoms. The molecule has 0 spiro atoms. The molecule has 0 saturated carbocycles. The van der Waals surface area contributed by atoms with Crippen LogP contribution in [-0.2, 0) is 0 Å². The van der Waals surface area contributed by atoms with Crippen molar-refractivity contribution in [1.82, 2.24) is 9.97 Å². The smallest absolute Gasteiger partial charge is 0.200 e. The van der Waals surface area contributed by atoms with Gasteiger partial charge in [-0.2, -0.15) is 0 Å². The van der Waals surface area contributed by atoms with Crippen LogP contribution in [0, 0.1) is 7.43 Å². The van der Waals surface area contributed by atoms with E-state index in [0.29, 0.717) is 50.9 Å². The van der Waals surface area contributed by atoms with Gasteiger partial charge in [-0.05, 0) is 53.3 Å². The Morgan fingerprint density at radius 1 is 0.821 bits per heavy atom. The van der Waals surface area contributed by atoms with E-state index in [2.05, 4.69) is 23.8 Å². The number of aromatic nitrogens is 2. The van der Waals surface area contributed by atoms with Gasteiger partial charge in [0, 0.05) is 30.0 Å². The topological polar surface area (TPSA) is 141 Å². The molecule has 39 heavy (non-hydrogen) atoms. The molecular weight excluding hydrogens is 492 g/mol. The van der Waals surface area contributed by atoms with E-state index < -0.39 is 0 Å². The van der Waals surface area contributed by atoms with E-state index in [4.69, 9.17) is 20.0 Å². The van der Waals surface area contributed by atoms with Crippen molar-refractivity contribution >= 4 is 27.9 Å². The summed E-state index contributed by atoms with van der Waals surface area (Å²) in [6.07, 6.45) is 0. The number of phenols is 1. The maximum atomic E-state index is 11.7. The highest BCUT2D eigenvalue weighted by Crippen LogP contribution is 2.32. The maximum Gasteiger partial charge on any atom is 0.200 e. The number of hydrogen-bond acceptors (Lipinski definition) is 7. The van der Waals surface area contributed by atoms with E-state index in [1.807, 2.05) is 32.0 Å². The summed E-state index contributed by atoms with van der Waals surface area (Å²) in [6.45, 7) is 8.25. The highest BCUT2D eigenvalue weighted by Gasteiger charge is 2.17. The molecule has 0 aromatic heterocycles. The zero-order valence-electron chi connectivity index (χ0n) is 22.6. The fourth-order valence-corrected chi connectivity index (χ4v) is 4.39. The van der Waals surface area contributed by atoms with Crippen LogP contribution in [0.4, 0.5) is 5.69 Å². The first-order valence-corrected chi connectivity index (χ1v) is 12.4. The van der Waals surface area contributed by atoms with E-state index in [1.54, 1.807) is 30.3 Å². The first-order chi connectivity index (χ1) is 18.1. The number of benzene rings is 4. The minimum absolute atomic E-state index is 0. The van der Waals surface area contributed by atoms with Gasteiger partial charge >= 0.3 is 0 Å². The Balaban J connectivity index is 0.000000176. The Bertz CT molecular complexity index is 1850. The number of nitrogen functional groups attached to an aromatic ring is 1. The third kappa shape index (κ3) is 5.45. The van der Waals surface area contributed by atoms with Crippen molar-refractivity contribution in [1.29, 1.82) is 0 Å². The minimum Gasteiger partial charge on any atom is -0.508 e. The molecule has 2 aliphatic carbocycles. The molecule has 2 aromatic carbocycles. The molecule has 2 aromatic rings. The van der Waals surface area contributed by atoms with Crippen LogP contribution in [0.3, 0.4) is 0 Å². The van der Waals surface area contributed by atoms with Crippen LogP contribution >= 0.6 is 0 Å². The number of phenolic OH excluding ortho intramolecular Hbond substituents is 1. The number of aromatic hydroxyl groups is 1. The summed E-state index contributed by atoms with van der Waals surface area (Å²) in [7, 11) is 0. The molecule has 0 unspecified atom stereocenters. The Morgan fingerprint density at radius 2 is 1.54 bits per heavy atom. The van der Waals surface area contributed by atoms with Crippen molar-refractivity contribution in [3.8, 4) is 28.7 Å². The fourth-order valence-electron chi connectivity index (χ4n) is 4.39. The second kappa shape index (κ2) is 10.6. The fraction of sp³-hybridized carbons (Fsp3) is 0.194. The first-order valence-electron chi connectivity index (χ1n) is 12.4. The molecule has 6 rings (SSSR count). The van der Waals surface area contributed by atoms with Gasteiger partial charge in [0.1, 0.15) is 28.2 Å². The van der Waals surface area contributed by atoms with Crippen molar-refractivity contribution in [2.45, 2.75) is 39.5 Å². The van der Waals surface area contributed by atoms with Crippen molar-refractivity contribution < 1.29 is 19.4 Å². The van der Waals surface area contributed by atoms with Crippen molar-refractivity contribution in [2.75, 3.05) is 5.73 Å². The number of anilines is 1. The standard InChI is InChI=1S/C15H15N3O.C15H13NO3.CH3/c1-8(2)11-5-10(17)7-14-15(11)18-12-4-3-9(16)6-13(12)19-14;1-8(2)11-5-10(18)7-14-15(11)16-12-4-3-9(17)6-13(12)19-14;/h3-8,16H,17H2,1-2H3;3-8,17H,1-2H3;1H3/q;;-1/p+1. The number of hydrogen-bond donors (Lipinski definition) is 3. The van der Waals surface area contributed by atoms with Crippen LogP contribution in [-0.4, -0.2) is 15.1 Å². The predicted octanol–water partition coefficient (Wildman–Crippen LogP) is 4.87. The highest BCUT2D eigenvalue weighted by atomic mass is 16.3. The molecule has 0 amide bonds. The second-order valence-corrected chi connectivity index (χ2v) is 9.93. The zero-order valence-corrected chi connectivity index (χ0v) is 22.6. The molecule has 2 aliphatic heterocycles. The lowest BCUT2D eigenvalue weighted by Gasteiger charge is -2.13. The molecule has 0 saturated heterocycles. The summed E-state index contributed by atoms with van der Waals surface area (Å²) >= 11 is 0. The summed E-state index contributed by atoms with van der Waals surface area (Å²) in [5.41, 5.74) is 12.7. The number of nitrogens with two attached hydrogens (primary N) is 2. The van der Waals surface area contributed by atoms with Gasteiger partial charge in [-0.3, -0.25) is 10.2 Å². The Kier molecular flexibility index (Phi) is 7.40. The maximum absolute atomic E-state index is 11.7. The largest absolute Gasteiger partial charge is 0.508 e. The number of nitrogens with zero attached hydrogens (tertiary/aromatic N) is 2. The predicted molar refractivity (Wildman–Crippen MR) is 153 cm³/mol. The lowest BCUT2D eigenvalue weighted by molar-refractivity contribution is -0.172. The van der Waals surface area contributed by atoms with Gasteiger partial charge in [0.2, 0.25) is 5.36 Å². The van der Waals surface area contributed by atoms with Gasteiger partial charge in [-0.15, -0.1) is 0 Å². The Morgan fingerprint density at radius 3 is 2.26 bits per heavy atom. The van der Waals surface area contributed by atoms with E-state index in [9.17, 15) is 9.90 Å². The van der Waals surface area contributed by atoms with Gasteiger partial charge in [-0.1, -0.05) is 27.7 Å². The van der Waals surface area contributed by atoms with Crippen LogP contribution in [0.1, 0.15) is 50.7 Å². The summed E-state index contributed by atoms with van der Waals surface area (Å²) in [6, 6.07) is 17.0. The van der Waals surface area contributed by atoms with Crippen molar-refractivity contribution in [3.63, 3.8) is 0 Å². The van der Waals surface area contributed by atoms with Crippen molar-refractivity contribution in [2.24, 2.45) is 0 Å². The molecule has 2 heterocycles. The number of rotatable bonds is 2. The highest BCUT2D eigenvalue weighted by molar-refractivity contribution is 5.83. The molecule has 0 radical (unpaired) electrons. The number of fused-ring (bicyclic) bond motifs is 4. The van der Waals surface area contributed by atoms with Crippen LogP contribution in [0.5, 0.6) is 5.75 Å². The second-order valence-electron chi connectivity index (χ2n) is 9.93.